The number of hydrogen-bond acceptors (Lipinski definition) is 6. The summed E-state index contributed by atoms with van der Waals surface area (Å²) in [5.74, 6) is -0.0213. The predicted octanol–water partition coefficient (Wildman–Crippen LogP) is 2.85. The summed E-state index contributed by atoms with van der Waals surface area (Å²) in [4.78, 5) is 21.2. The predicted molar refractivity (Wildman–Crippen MR) is 118 cm³/mol. The number of amides is 1. The van der Waals surface area contributed by atoms with Crippen LogP contribution in [0.4, 0.5) is 5.69 Å². The van der Waals surface area contributed by atoms with Crippen molar-refractivity contribution < 1.29 is 10.0 Å². The quantitative estimate of drug-likeness (QED) is 0.572. The molecule has 4 rings (SSSR count). The molecule has 1 aliphatic rings. The van der Waals surface area contributed by atoms with Gasteiger partial charge in [-0.3, -0.25) is 15.5 Å². The molecule has 2 aromatic carbocycles. The van der Waals surface area contributed by atoms with E-state index < -0.39 is 0 Å². The number of aromatic nitrogens is 3. The Hall–Kier alpha value is -3.23. The van der Waals surface area contributed by atoms with Crippen molar-refractivity contribution in [1.29, 1.82) is 0 Å². The van der Waals surface area contributed by atoms with Crippen LogP contribution in [-0.4, -0.2) is 68.4 Å². The van der Waals surface area contributed by atoms with Crippen LogP contribution in [0.2, 0.25) is 0 Å². The molecular weight excluding hydrogens is 392 g/mol. The molecule has 0 unspecified atom stereocenters. The molecule has 1 amide bonds. The molecule has 1 aromatic heterocycles. The fraction of sp³-hybridized carbons (Fsp3) is 0.348. The average molecular weight is 421 g/mol. The number of carbonyl (C=O) groups excluding carboxylic acids is 1. The Morgan fingerprint density at radius 2 is 1.97 bits per heavy atom. The van der Waals surface area contributed by atoms with Gasteiger partial charge in [0.15, 0.2) is 0 Å². The van der Waals surface area contributed by atoms with Crippen LogP contribution in [0.15, 0.2) is 61.2 Å². The Balaban J connectivity index is 1.34. The van der Waals surface area contributed by atoms with E-state index in [9.17, 15) is 10.0 Å². The van der Waals surface area contributed by atoms with Gasteiger partial charge in [0.1, 0.15) is 12.7 Å². The van der Waals surface area contributed by atoms with Crippen LogP contribution in [0, 0.1) is 0 Å². The molecule has 1 aliphatic heterocycles. The first-order valence-corrected chi connectivity index (χ1v) is 10.6. The summed E-state index contributed by atoms with van der Waals surface area (Å²) in [6, 6.07) is 16.2. The van der Waals surface area contributed by atoms with Gasteiger partial charge in [0, 0.05) is 31.2 Å². The lowest BCUT2D eigenvalue weighted by molar-refractivity contribution is 0.0647. The third-order valence-electron chi connectivity index (χ3n) is 6.00. The Kier molecular flexibility index (Phi) is 6.59. The van der Waals surface area contributed by atoms with Gasteiger partial charge >= 0.3 is 0 Å². The van der Waals surface area contributed by atoms with E-state index in [4.69, 9.17) is 0 Å². The van der Waals surface area contributed by atoms with Crippen LogP contribution in [0.1, 0.15) is 28.8 Å². The second-order valence-electron chi connectivity index (χ2n) is 7.92. The van der Waals surface area contributed by atoms with Crippen molar-refractivity contribution in [2.75, 3.05) is 32.2 Å². The zero-order valence-corrected chi connectivity index (χ0v) is 17.7. The van der Waals surface area contributed by atoms with Crippen molar-refractivity contribution in [3.8, 4) is 5.69 Å². The van der Waals surface area contributed by atoms with E-state index in [2.05, 4.69) is 51.8 Å². The number of likely N-dealkylation sites (N-methyl/N-ethyl adjacent to an activating group) is 1. The highest BCUT2D eigenvalue weighted by molar-refractivity contribution is 5.95. The summed E-state index contributed by atoms with van der Waals surface area (Å²) in [5.41, 5.74) is 5.09. The van der Waals surface area contributed by atoms with Gasteiger partial charge in [-0.15, -0.1) is 0 Å². The zero-order valence-electron chi connectivity index (χ0n) is 17.7. The molecule has 0 radical (unpaired) electrons. The Morgan fingerprint density at radius 1 is 1.19 bits per heavy atom. The van der Waals surface area contributed by atoms with Gasteiger partial charge in [0.05, 0.1) is 11.4 Å². The van der Waals surface area contributed by atoms with E-state index >= 15 is 0 Å². The van der Waals surface area contributed by atoms with E-state index in [1.54, 1.807) is 18.2 Å². The van der Waals surface area contributed by atoms with Gasteiger partial charge in [0.25, 0.3) is 5.91 Å². The van der Waals surface area contributed by atoms with Gasteiger partial charge in [-0.05, 0) is 50.1 Å². The minimum absolute atomic E-state index is 0.0213. The van der Waals surface area contributed by atoms with Crippen molar-refractivity contribution in [3.05, 3.63) is 72.3 Å². The summed E-state index contributed by atoms with van der Waals surface area (Å²) in [6.45, 7) is 2.47. The smallest absolute Gasteiger partial charge is 0.253 e. The number of nitrogens with zero attached hydrogens (tertiary/aromatic N) is 5. The molecule has 2 heterocycles. The molecule has 0 atom stereocenters. The molecule has 8 heteroatoms. The number of hydrogen-bond donors (Lipinski definition) is 2. The van der Waals surface area contributed by atoms with E-state index in [0.29, 0.717) is 23.0 Å². The van der Waals surface area contributed by atoms with Crippen LogP contribution >= 0.6 is 0 Å². The minimum atomic E-state index is -0.0213. The van der Waals surface area contributed by atoms with Crippen molar-refractivity contribution >= 4 is 11.6 Å². The molecule has 1 fully saturated rings. The molecule has 3 aromatic rings. The monoisotopic (exact) mass is 420 g/mol. The van der Waals surface area contributed by atoms with Gasteiger partial charge in [-0.1, -0.05) is 30.3 Å². The lowest BCUT2D eigenvalue weighted by Gasteiger charge is -2.37. The number of nitrogens with one attached hydrogen (secondary N) is 1. The van der Waals surface area contributed by atoms with Gasteiger partial charge < -0.3 is 9.80 Å². The Bertz CT molecular complexity index is 985. The molecule has 31 heavy (non-hydrogen) atoms. The SMILES string of the molecule is CN(CCc1ccccc1)C1CCN(C(=O)c2ccc(-n3cncn3)c(NO)c2)CC1. The fourth-order valence-electron chi connectivity index (χ4n) is 4.12. The summed E-state index contributed by atoms with van der Waals surface area (Å²) in [7, 11) is 2.17. The van der Waals surface area contributed by atoms with Crippen molar-refractivity contribution in [3.63, 3.8) is 0 Å². The summed E-state index contributed by atoms with van der Waals surface area (Å²) >= 11 is 0. The fourth-order valence-corrected chi connectivity index (χ4v) is 4.12. The Morgan fingerprint density at radius 3 is 2.65 bits per heavy atom. The van der Waals surface area contributed by atoms with Crippen LogP contribution < -0.4 is 5.48 Å². The largest absolute Gasteiger partial charge is 0.339 e. The molecular formula is C23H28N6O2. The molecule has 0 aliphatic carbocycles. The highest BCUT2D eigenvalue weighted by Crippen LogP contribution is 2.23. The maximum Gasteiger partial charge on any atom is 0.253 e. The van der Waals surface area contributed by atoms with Crippen molar-refractivity contribution in [2.45, 2.75) is 25.3 Å². The van der Waals surface area contributed by atoms with Gasteiger partial charge in [0.2, 0.25) is 0 Å². The van der Waals surface area contributed by atoms with E-state index in [1.165, 1.54) is 22.9 Å². The number of anilines is 1. The third kappa shape index (κ3) is 4.92. The molecule has 0 spiro atoms. The van der Waals surface area contributed by atoms with Crippen LogP contribution in [-0.2, 0) is 6.42 Å². The zero-order chi connectivity index (χ0) is 21.6. The molecule has 8 nitrogen and oxygen atoms in total. The second-order valence-corrected chi connectivity index (χ2v) is 7.92. The summed E-state index contributed by atoms with van der Waals surface area (Å²) < 4.78 is 1.53. The number of benzene rings is 2. The minimum Gasteiger partial charge on any atom is -0.339 e. The summed E-state index contributed by atoms with van der Waals surface area (Å²) in [6.07, 6.45) is 5.90. The average Bonchev–Trinajstić information content (AvgIpc) is 3.37. The van der Waals surface area contributed by atoms with Gasteiger partial charge in [-0.25, -0.2) is 9.67 Å². The summed E-state index contributed by atoms with van der Waals surface area (Å²) in [5, 5.41) is 13.6. The highest BCUT2D eigenvalue weighted by atomic mass is 16.5. The third-order valence-corrected chi connectivity index (χ3v) is 6.00. The first-order valence-electron chi connectivity index (χ1n) is 10.6. The second kappa shape index (κ2) is 9.72. The van der Waals surface area contributed by atoms with Crippen LogP contribution in [0.25, 0.3) is 5.69 Å². The first kappa shape index (κ1) is 21.0. The number of likely N-dealkylation sites (tertiary alicyclic amines) is 1. The normalized spacial score (nSPS) is 14.7. The molecule has 0 bridgehead atoms. The molecule has 1 saturated heterocycles. The lowest BCUT2D eigenvalue weighted by Crippen LogP contribution is -2.46. The number of piperidine rings is 1. The molecule has 162 valence electrons. The topological polar surface area (TPSA) is 86.5 Å². The highest BCUT2D eigenvalue weighted by Gasteiger charge is 2.26. The van der Waals surface area contributed by atoms with E-state index in [-0.39, 0.29) is 5.91 Å². The maximum atomic E-state index is 13.0. The first-order chi connectivity index (χ1) is 15.2. The van der Waals surface area contributed by atoms with Crippen molar-refractivity contribution in [1.82, 2.24) is 24.6 Å². The number of carbonyl (C=O) groups is 1. The standard InChI is InChI=1S/C23H28N6O2/c1-27(12-9-18-5-3-2-4-6-18)20-10-13-28(14-11-20)23(30)19-7-8-22(21(15-19)26-31)29-17-24-16-25-29/h2-8,15-17,20,26,31H,9-14H2,1H3. The molecule has 0 saturated carbocycles. The molecule has 2 N–H and O–H groups in total. The lowest BCUT2D eigenvalue weighted by atomic mass is 10.0. The number of rotatable bonds is 7. The van der Waals surface area contributed by atoms with Crippen molar-refractivity contribution in [2.24, 2.45) is 0 Å². The van der Waals surface area contributed by atoms with E-state index in [1.807, 2.05) is 11.0 Å². The van der Waals surface area contributed by atoms with Gasteiger partial charge in [-0.2, -0.15) is 5.10 Å². The maximum absolute atomic E-state index is 13.0. The Labute approximate surface area is 182 Å². The van der Waals surface area contributed by atoms with E-state index in [0.717, 1.165) is 38.9 Å². The van der Waals surface area contributed by atoms with Crippen LogP contribution in [0.5, 0.6) is 0 Å². The van der Waals surface area contributed by atoms with Crippen LogP contribution in [0.3, 0.4) is 0 Å².